The van der Waals surface area contributed by atoms with Crippen molar-refractivity contribution in [1.82, 2.24) is 0 Å². The normalized spacial score (nSPS) is 11.8. The summed E-state index contributed by atoms with van der Waals surface area (Å²) in [5, 5.41) is 28.0. The lowest BCUT2D eigenvalue weighted by atomic mass is 10.0. The van der Waals surface area contributed by atoms with Gasteiger partial charge < -0.3 is 36.2 Å². The second kappa shape index (κ2) is 13.5. The molecule has 210 valence electrons. The largest absolute Gasteiger partial charge is 0.493 e. The van der Waals surface area contributed by atoms with Crippen LogP contribution in [0.5, 0.6) is 11.5 Å². The van der Waals surface area contributed by atoms with Gasteiger partial charge in [-0.05, 0) is 41.5 Å². The van der Waals surface area contributed by atoms with Gasteiger partial charge in [0, 0.05) is 22.9 Å². The number of rotatable bonds is 12. The number of aliphatic carboxylic acids is 1. The summed E-state index contributed by atoms with van der Waals surface area (Å²) in [6.45, 7) is 0.237. The Morgan fingerprint density at radius 2 is 1.54 bits per heavy atom. The highest BCUT2D eigenvalue weighted by Crippen LogP contribution is 2.38. The second-order valence-corrected chi connectivity index (χ2v) is 9.05. The molecule has 0 spiro atoms. The number of hydrogen-bond acceptors (Lipinski definition) is 7. The van der Waals surface area contributed by atoms with Gasteiger partial charge in [0.25, 0.3) is 0 Å². The van der Waals surface area contributed by atoms with Crippen LogP contribution >= 0.6 is 0 Å². The minimum Gasteiger partial charge on any atom is -0.493 e. The molecule has 10 nitrogen and oxygen atoms in total. The first-order valence-corrected chi connectivity index (χ1v) is 12.7. The molecule has 0 aromatic heterocycles. The van der Waals surface area contributed by atoms with E-state index in [-0.39, 0.29) is 36.0 Å². The predicted molar refractivity (Wildman–Crippen MR) is 155 cm³/mol. The van der Waals surface area contributed by atoms with Crippen LogP contribution in [-0.2, 0) is 22.6 Å². The number of amides is 1. The third kappa shape index (κ3) is 7.54. The van der Waals surface area contributed by atoms with E-state index in [4.69, 9.17) is 20.4 Å². The average molecular weight is 555 g/mol. The number of oxime groups is 1. The number of nitrogens with two attached hydrogens (primary N) is 1. The molecule has 0 bridgehead atoms. The van der Waals surface area contributed by atoms with Crippen LogP contribution in [0.1, 0.15) is 28.3 Å². The van der Waals surface area contributed by atoms with Crippen molar-refractivity contribution in [3.63, 3.8) is 0 Å². The molecule has 10 heteroatoms. The lowest BCUT2D eigenvalue weighted by Gasteiger charge is -2.22. The quantitative estimate of drug-likeness (QED) is 0.0725. The Labute approximate surface area is 237 Å². The van der Waals surface area contributed by atoms with E-state index in [9.17, 15) is 14.7 Å². The Morgan fingerprint density at radius 1 is 0.902 bits per heavy atom. The van der Waals surface area contributed by atoms with Crippen LogP contribution in [0.3, 0.4) is 0 Å². The number of nitrogens with one attached hydrogen (secondary N) is 2. The molecule has 4 aromatic carbocycles. The van der Waals surface area contributed by atoms with E-state index in [2.05, 4.69) is 15.8 Å². The van der Waals surface area contributed by atoms with Crippen molar-refractivity contribution in [3.8, 4) is 11.5 Å². The lowest BCUT2D eigenvalue weighted by molar-refractivity contribution is -0.138. The van der Waals surface area contributed by atoms with Gasteiger partial charge in [0.2, 0.25) is 5.91 Å². The van der Waals surface area contributed by atoms with Crippen molar-refractivity contribution in [2.24, 2.45) is 10.9 Å². The molecule has 0 aliphatic heterocycles. The van der Waals surface area contributed by atoms with E-state index < -0.39 is 12.0 Å². The molecule has 0 heterocycles. The van der Waals surface area contributed by atoms with Crippen molar-refractivity contribution in [2.45, 2.75) is 19.1 Å². The lowest BCUT2D eigenvalue weighted by Crippen LogP contribution is -2.24. The van der Waals surface area contributed by atoms with Crippen molar-refractivity contribution in [1.29, 1.82) is 0 Å². The third-order valence-electron chi connectivity index (χ3n) is 6.21. The zero-order valence-corrected chi connectivity index (χ0v) is 22.3. The fourth-order valence-electron chi connectivity index (χ4n) is 4.14. The molecule has 6 N–H and O–H groups in total. The van der Waals surface area contributed by atoms with Crippen LogP contribution in [0.15, 0.2) is 102 Å². The number of methoxy groups -OCH3 is 1. The van der Waals surface area contributed by atoms with Crippen LogP contribution in [0.25, 0.3) is 0 Å². The van der Waals surface area contributed by atoms with E-state index in [1.54, 1.807) is 30.3 Å². The Morgan fingerprint density at radius 3 is 2.12 bits per heavy atom. The number of anilines is 2. The zero-order valence-electron chi connectivity index (χ0n) is 22.3. The van der Waals surface area contributed by atoms with Crippen LogP contribution in [0.2, 0.25) is 0 Å². The predicted octanol–water partition coefficient (Wildman–Crippen LogP) is 4.79. The van der Waals surface area contributed by atoms with Gasteiger partial charge in [-0.25, -0.2) is 4.79 Å². The number of ether oxygens (including phenoxy) is 2. The summed E-state index contributed by atoms with van der Waals surface area (Å²) in [5.41, 5.74) is 8.78. The summed E-state index contributed by atoms with van der Waals surface area (Å²) in [6.07, 6.45) is 0.0903. The molecule has 41 heavy (non-hydrogen) atoms. The van der Waals surface area contributed by atoms with Gasteiger partial charge in [0.05, 0.1) is 19.2 Å². The Hall–Kier alpha value is -5.51. The monoisotopic (exact) mass is 554 g/mol. The van der Waals surface area contributed by atoms with Gasteiger partial charge in [0.1, 0.15) is 6.61 Å². The van der Waals surface area contributed by atoms with E-state index in [1.807, 2.05) is 60.7 Å². The molecule has 4 rings (SSSR count). The topological polar surface area (TPSA) is 155 Å². The van der Waals surface area contributed by atoms with Crippen molar-refractivity contribution in [3.05, 3.63) is 119 Å². The minimum atomic E-state index is -1.28. The Kier molecular flexibility index (Phi) is 9.40. The van der Waals surface area contributed by atoms with Gasteiger partial charge in [-0.3, -0.25) is 4.79 Å². The highest BCUT2D eigenvalue weighted by Gasteiger charge is 2.26. The van der Waals surface area contributed by atoms with Crippen molar-refractivity contribution >= 4 is 29.1 Å². The summed E-state index contributed by atoms with van der Waals surface area (Å²) < 4.78 is 11.6. The maximum Gasteiger partial charge on any atom is 0.330 e. The van der Waals surface area contributed by atoms with Gasteiger partial charge in [0.15, 0.2) is 23.4 Å². The van der Waals surface area contributed by atoms with Crippen LogP contribution in [-0.4, -0.2) is 35.1 Å². The molecule has 0 aliphatic carbocycles. The summed E-state index contributed by atoms with van der Waals surface area (Å²) in [4.78, 5) is 25.6. The number of benzene rings is 4. The molecule has 4 aromatic rings. The standard InChI is InChI=1S/C31H30N4O6/c1-40-26-17-24(29(31(37)38)33-23-14-12-22(13-15-23)30(32)35-39)25(34-28(36)16-20-8-4-2-5-9-20)18-27(26)41-19-21-10-6-3-7-11-21/h2-15,17-18,29,33,39H,16,19H2,1H3,(H2,32,35)(H,34,36)(H,37,38). The maximum atomic E-state index is 13.1. The Bertz CT molecular complexity index is 1510. The highest BCUT2D eigenvalue weighted by molar-refractivity contribution is 5.97. The molecular formula is C31H30N4O6. The summed E-state index contributed by atoms with van der Waals surface area (Å²) in [7, 11) is 1.46. The molecule has 1 amide bonds. The summed E-state index contributed by atoms with van der Waals surface area (Å²) in [6, 6.07) is 26.9. The molecule has 0 aliphatic rings. The number of hydrogen-bond donors (Lipinski definition) is 5. The number of nitrogens with zero attached hydrogens (tertiary/aromatic N) is 1. The molecule has 1 unspecified atom stereocenters. The molecule has 0 saturated heterocycles. The van der Waals surface area contributed by atoms with E-state index in [0.29, 0.717) is 22.7 Å². The van der Waals surface area contributed by atoms with E-state index in [1.165, 1.54) is 13.2 Å². The smallest absolute Gasteiger partial charge is 0.330 e. The average Bonchev–Trinajstić information content (AvgIpc) is 2.99. The Balaban J connectivity index is 1.69. The minimum absolute atomic E-state index is 0.0782. The van der Waals surface area contributed by atoms with E-state index >= 15 is 0 Å². The molecule has 0 radical (unpaired) electrons. The molecule has 0 saturated carbocycles. The fourth-order valence-corrected chi connectivity index (χ4v) is 4.14. The summed E-state index contributed by atoms with van der Waals surface area (Å²) in [5.74, 6) is -0.965. The third-order valence-corrected chi connectivity index (χ3v) is 6.21. The highest BCUT2D eigenvalue weighted by atomic mass is 16.5. The van der Waals surface area contributed by atoms with Crippen molar-refractivity contribution < 1.29 is 29.4 Å². The number of carboxylic acid groups (broad SMARTS) is 1. The number of carbonyl (C=O) groups is 2. The number of amidine groups is 1. The fraction of sp³-hybridized carbons (Fsp3) is 0.129. The van der Waals surface area contributed by atoms with Crippen LogP contribution in [0.4, 0.5) is 11.4 Å². The number of carboxylic acids is 1. The first-order chi connectivity index (χ1) is 19.9. The van der Waals surface area contributed by atoms with Gasteiger partial charge in [-0.1, -0.05) is 65.8 Å². The molecule has 0 fully saturated rings. The zero-order chi connectivity index (χ0) is 29.2. The molecular weight excluding hydrogens is 524 g/mol. The first-order valence-electron chi connectivity index (χ1n) is 12.7. The van der Waals surface area contributed by atoms with Gasteiger partial charge in [-0.15, -0.1) is 0 Å². The van der Waals surface area contributed by atoms with Crippen LogP contribution < -0.4 is 25.8 Å². The SMILES string of the molecule is COc1cc(C(Nc2ccc(/C(N)=N/O)cc2)C(=O)O)c(NC(=O)Cc2ccccc2)cc1OCc1ccccc1. The van der Waals surface area contributed by atoms with Crippen LogP contribution in [0, 0.1) is 0 Å². The summed E-state index contributed by atoms with van der Waals surface area (Å²) >= 11 is 0. The van der Waals surface area contributed by atoms with Crippen molar-refractivity contribution in [2.75, 3.05) is 17.7 Å². The molecule has 1 atom stereocenters. The first kappa shape index (κ1) is 28.5. The second-order valence-electron chi connectivity index (χ2n) is 9.05. The van der Waals surface area contributed by atoms with Gasteiger partial charge >= 0.3 is 5.97 Å². The maximum absolute atomic E-state index is 13.1. The van der Waals surface area contributed by atoms with E-state index in [0.717, 1.165) is 11.1 Å². The number of carbonyl (C=O) groups excluding carboxylic acids is 1. The van der Waals surface area contributed by atoms with Gasteiger partial charge in [-0.2, -0.15) is 0 Å².